The summed E-state index contributed by atoms with van der Waals surface area (Å²) in [7, 11) is 0. The molecule has 140 valence electrons. The van der Waals surface area contributed by atoms with E-state index in [1.807, 2.05) is 37.3 Å². The number of amides is 1. The van der Waals surface area contributed by atoms with Crippen LogP contribution in [0.25, 0.3) is 11.0 Å². The number of rotatable bonds is 5. The lowest BCUT2D eigenvalue weighted by Gasteiger charge is -2.31. The first-order valence-corrected chi connectivity index (χ1v) is 9.11. The van der Waals surface area contributed by atoms with E-state index in [4.69, 9.17) is 14.9 Å². The highest BCUT2D eigenvalue weighted by atomic mass is 16.6. The predicted octanol–water partition coefficient (Wildman–Crippen LogP) is 2.50. The number of nitrogens with one attached hydrogen (secondary N) is 1. The van der Waals surface area contributed by atoms with Crippen molar-refractivity contribution in [3.05, 3.63) is 36.1 Å². The van der Waals surface area contributed by atoms with Crippen molar-refractivity contribution in [2.45, 2.75) is 32.2 Å². The summed E-state index contributed by atoms with van der Waals surface area (Å²) in [6.45, 7) is 4.13. The molecule has 0 unspecified atom stereocenters. The molecule has 1 aliphatic rings. The van der Waals surface area contributed by atoms with Crippen LogP contribution in [0.4, 0.5) is 4.79 Å². The van der Waals surface area contributed by atoms with Gasteiger partial charge < -0.3 is 25.1 Å². The van der Waals surface area contributed by atoms with Crippen LogP contribution in [0, 0.1) is 0 Å². The first-order valence-electron chi connectivity index (χ1n) is 9.11. The summed E-state index contributed by atoms with van der Waals surface area (Å²) in [6.07, 6.45) is 2.13. The van der Waals surface area contributed by atoms with E-state index in [1.54, 1.807) is 4.90 Å². The van der Waals surface area contributed by atoms with Crippen molar-refractivity contribution in [3.8, 4) is 0 Å². The maximum atomic E-state index is 11.7. The number of nitrogens with two attached hydrogens (primary N) is 1. The number of carbonyl (C=O) groups is 1. The Bertz CT molecular complexity index is 730. The molecule has 0 atom stereocenters. The summed E-state index contributed by atoms with van der Waals surface area (Å²) >= 11 is 0. The van der Waals surface area contributed by atoms with Gasteiger partial charge >= 0.3 is 6.09 Å². The average molecular weight is 358 g/mol. The van der Waals surface area contributed by atoms with E-state index in [0.717, 1.165) is 29.6 Å². The minimum atomic E-state index is -0.238. The number of carbonyl (C=O) groups excluding carboxylic acids is 1. The van der Waals surface area contributed by atoms with Gasteiger partial charge in [-0.15, -0.1) is 0 Å². The molecular formula is C19H26N4O3. The summed E-state index contributed by atoms with van der Waals surface area (Å²) in [6, 6.07) is 10.2. The molecule has 1 aromatic heterocycles. The van der Waals surface area contributed by atoms with Crippen LogP contribution in [0.3, 0.4) is 0 Å². The molecule has 2 aromatic rings. The van der Waals surface area contributed by atoms with E-state index in [2.05, 4.69) is 10.3 Å². The number of aliphatic imine (C=N–C) groups is 1. The van der Waals surface area contributed by atoms with Crippen LogP contribution in [0.5, 0.6) is 0 Å². The van der Waals surface area contributed by atoms with Crippen LogP contribution in [-0.4, -0.2) is 49.2 Å². The minimum Gasteiger partial charge on any atom is -0.461 e. The second-order valence-corrected chi connectivity index (χ2v) is 6.37. The van der Waals surface area contributed by atoms with Crippen molar-refractivity contribution in [1.29, 1.82) is 0 Å². The molecule has 0 radical (unpaired) electrons. The van der Waals surface area contributed by atoms with Gasteiger partial charge in [-0.05, 0) is 31.9 Å². The molecule has 1 aromatic carbocycles. The molecule has 1 amide bonds. The zero-order valence-electron chi connectivity index (χ0n) is 15.1. The Labute approximate surface area is 153 Å². The number of nitrogens with zero attached hydrogens (tertiary/aromatic N) is 2. The van der Waals surface area contributed by atoms with Gasteiger partial charge in [0.15, 0.2) is 5.96 Å². The van der Waals surface area contributed by atoms with Crippen LogP contribution in [0.2, 0.25) is 0 Å². The Kier molecular flexibility index (Phi) is 5.99. The topological polar surface area (TPSA) is 93.1 Å². The fraction of sp³-hybridized carbons (Fsp3) is 0.474. The molecule has 0 spiro atoms. The Morgan fingerprint density at radius 1 is 1.38 bits per heavy atom. The monoisotopic (exact) mass is 358 g/mol. The Balaban J connectivity index is 1.42. The molecule has 1 aliphatic heterocycles. The van der Waals surface area contributed by atoms with Gasteiger partial charge in [0.05, 0.1) is 6.61 Å². The standard InChI is InChI=1S/C19H26N4O3/c1-2-25-19(24)23-11-8-15(9-12-23)22-18(20)21-10-7-16-13-14-5-3-4-6-17(14)26-16/h3-6,13,15H,2,7-12H2,1H3,(H3,20,21,22). The summed E-state index contributed by atoms with van der Waals surface area (Å²) < 4.78 is 10.8. The van der Waals surface area contributed by atoms with Gasteiger partial charge in [-0.2, -0.15) is 0 Å². The fourth-order valence-corrected chi connectivity index (χ4v) is 3.12. The van der Waals surface area contributed by atoms with Gasteiger partial charge in [-0.1, -0.05) is 18.2 Å². The van der Waals surface area contributed by atoms with Crippen LogP contribution in [0.15, 0.2) is 39.7 Å². The highest BCUT2D eigenvalue weighted by molar-refractivity contribution is 5.78. The third-order valence-electron chi connectivity index (χ3n) is 4.49. The Morgan fingerprint density at radius 2 is 2.15 bits per heavy atom. The zero-order chi connectivity index (χ0) is 18.4. The maximum absolute atomic E-state index is 11.7. The Hall–Kier alpha value is -2.70. The number of hydrogen-bond donors (Lipinski definition) is 2. The normalized spacial score (nSPS) is 16.0. The molecule has 2 heterocycles. The van der Waals surface area contributed by atoms with Gasteiger partial charge in [0.1, 0.15) is 11.3 Å². The molecule has 3 rings (SSSR count). The van der Waals surface area contributed by atoms with Gasteiger partial charge in [0, 0.05) is 37.5 Å². The van der Waals surface area contributed by atoms with E-state index in [1.165, 1.54) is 0 Å². The lowest BCUT2D eigenvalue weighted by atomic mass is 10.1. The molecule has 0 saturated carbocycles. The van der Waals surface area contributed by atoms with Gasteiger partial charge in [0.2, 0.25) is 0 Å². The van der Waals surface area contributed by atoms with E-state index >= 15 is 0 Å². The van der Waals surface area contributed by atoms with Crippen molar-refractivity contribution < 1.29 is 13.9 Å². The number of benzene rings is 1. The third-order valence-corrected chi connectivity index (χ3v) is 4.49. The molecule has 1 saturated heterocycles. The third kappa shape index (κ3) is 4.68. The number of furan rings is 1. The van der Waals surface area contributed by atoms with E-state index in [-0.39, 0.29) is 12.1 Å². The van der Waals surface area contributed by atoms with E-state index in [0.29, 0.717) is 38.6 Å². The molecule has 0 aliphatic carbocycles. The fourth-order valence-electron chi connectivity index (χ4n) is 3.12. The van der Waals surface area contributed by atoms with Crippen LogP contribution < -0.4 is 11.1 Å². The molecular weight excluding hydrogens is 332 g/mol. The molecule has 1 fully saturated rings. The number of hydrogen-bond acceptors (Lipinski definition) is 4. The first-order chi connectivity index (χ1) is 12.7. The second-order valence-electron chi connectivity index (χ2n) is 6.37. The highest BCUT2D eigenvalue weighted by Crippen LogP contribution is 2.19. The van der Waals surface area contributed by atoms with E-state index < -0.39 is 0 Å². The first kappa shape index (κ1) is 18.1. The lowest BCUT2D eigenvalue weighted by molar-refractivity contribution is 0.0963. The van der Waals surface area contributed by atoms with Crippen LogP contribution in [-0.2, 0) is 11.2 Å². The van der Waals surface area contributed by atoms with Crippen molar-refractivity contribution in [2.24, 2.45) is 10.7 Å². The lowest BCUT2D eigenvalue weighted by Crippen LogP contribution is -2.48. The second kappa shape index (κ2) is 8.60. The molecule has 3 N–H and O–H groups in total. The Morgan fingerprint density at radius 3 is 2.88 bits per heavy atom. The van der Waals surface area contributed by atoms with Gasteiger partial charge in [-0.3, -0.25) is 4.99 Å². The zero-order valence-corrected chi connectivity index (χ0v) is 15.1. The number of ether oxygens (including phenoxy) is 1. The van der Waals surface area contributed by atoms with Crippen LogP contribution in [0.1, 0.15) is 25.5 Å². The quantitative estimate of drug-likeness (QED) is 0.633. The van der Waals surface area contributed by atoms with Crippen molar-refractivity contribution in [1.82, 2.24) is 10.2 Å². The van der Waals surface area contributed by atoms with Gasteiger partial charge in [-0.25, -0.2) is 4.79 Å². The summed E-state index contributed by atoms with van der Waals surface area (Å²) in [5, 5.41) is 4.34. The number of fused-ring (bicyclic) bond motifs is 1. The smallest absolute Gasteiger partial charge is 0.409 e. The van der Waals surface area contributed by atoms with Crippen molar-refractivity contribution in [3.63, 3.8) is 0 Å². The predicted molar refractivity (Wildman–Crippen MR) is 101 cm³/mol. The minimum absolute atomic E-state index is 0.232. The maximum Gasteiger partial charge on any atom is 0.409 e. The largest absolute Gasteiger partial charge is 0.461 e. The number of para-hydroxylation sites is 1. The van der Waals surface area contributed by atoms with Crippen molar-refractivity contribution >= 4 is 23.0 Å². The van der Waals surface area contributed by atoms with Gasteiger partial charge in [0.25, 0.3) is 0 Å². The summed E-state index contributed by atoms with van der Waals surface area (Å²) in [4.78, 5) is 17.8. The van der Waals surface area contributed by atoms with Crippen LogP contribution >= 0.6 is 0 Å². The number of likely N-dealkylation sites (tertiary alicyclic amines) is 1. The van der Waals surface area contributed by atoms with E-state index in [9.17, 15) is 4.79 Å². The number of piperidine rings is 1. The molecule has 7 heteroatoms. The molecule has 26 heavy (non-hydrogen) atoms. The SMILES string of the molecule is CCOC(=O)N1CCC(NC(N)=NCCc2cc3ccccc3o2)CC1. The molecule has 7 nitrogen and oxygen atoms in total. The highest BCUT2D eigenvalue weighted by Gasteiger charge is 2.23. The van der Waals surface area contributed by atoms with Crippen molar-refractivity contribution in [2.75, 3.05) is 26.2 Å². The molecule has 0 bridgehead atoms. The number of guanidine groups is 1. The summed E-state index contributed by atoms with van der Waals surface area (Å²) in [5.41, 5.74) is 6.88. The average Bonchev–Trinajstić information content (AvgIpc) is 3.05. The summed E-state index contributed by atoms with van der Waals surface area (Å²) in [5.74, 6) is 1.35.